The third-order valence-electron chi connectivity index (χ3n) is 4.51. The lowest BCUT2D eigenvalue weighted by molar-refractivity contribution is 0.0607. The summed E-state index contributed by atoms with van der Waals surface area (Å²) in [7, 11) is 0. The third kappa shape index (κ3) is 2.50. The molecule has 0 unspecified atom stereocenters. The first-order valence-corrected chi connectivity index (χ1v) is 6.94. The first-order valence-electron chi connectivity index (χ1n) is 6.94. The molecule has 1 N–H and O–H groups in total. The Morgan fingerprint density at radius 2 is 2.05 bits per heavy atom. The number of carbonyl (C=O) groups is 1. The van der Waals surface area contributed by atoms with Crippen LogP contribution in [0.1, 0.15) is 29.6 Å². The lowest BCUT2D eigenvalue weighted by Gasteiger charge is -2.38. The summed E-state index contributed by atoms with van der Waals surface area (Å²) in [6, 6.07) is 5.97. The molecule has 102 valence electrons. The monoisotopic (exact) mass is 262 g/mol. The standard InChI is InChI=1S/C15H19FN2O/c16-13-3-1-2-12(10-13)14(19)18-8-5-15(6-9-18)4-7-17-11-15/h1-3,10,17H,4-9,11H2. The third-order valence-corrected chi connectivity index (χ3v) is 4.51. The molecule has 19 heavy (non-hydrogen) atoms. The normalized spacial score (nSPS) is 21.8. The number of carbonyl (C=O) groups excluding carboxylic acids is 1. The van der Waals surface area contributed by atoms with Gasteiger partial charge < -0.3 is 10.2 Å². The molecule has 2 fully saturated rings. The largest absolute Gasteiger partial charge is 0.339 e. The van der Waals surface area contributed by atoms with E-state index >= 15 is 0 Å². The maximum atomic E-state index is 13.2. The molecule has 0 atom stereocenters. The number of halogens is 1. The topological polar surface area (TPSA) is 32.3 Å². The highest BCUT2D eigenvalue weighted by Crippen LogP contribution is 2.37. The molecular weight excluding hydrogens is 243 g/mol. The van der Waals surface area contributed by atoms with Crippen molar-refractivity contribution in [2.45, 2.75) is 19.3 Å². The molecule has 1 aromatic rings. The van der Waals surface area contributed by atoms with Crippen LogP contribution in [-0.4, -0.2) is 37.0 Å². The van der Waals surface area contributed by atoms with Crippen LogP contribution in [0.15, 0.2) is 24.3 Å². The molecule has 2 saturated heterocycles. The van der Waals surface area contributed by atoms with E-state index in [2.05, 4.69) is 5.32 Å². The van der Waals surface area contributed by atoms with Crippen molar-refractivity contribution in [1.29, 1.82) is 0 Å². The molecule has 0 saturated carbocycles. The highest BCUT2D eigenvalue weighted by Gasteiger charge is 2.38. The Kier molecular flexibility index (Phi) is 3.27. The van der Waals surface area contributed by atoms with Crippen molar-refractivity contribution in [3.05, 3.63) is 35.6 Å². The molecule has 3 rings (SSSR count). The van der Waals surface area contributed by atoms with Gasteiger partial charge in [0.15, 0.2) is 0 Å². The fourth-order valence-corrected chi connectivity index (χ4v) is 3.21. The number of likely N-dealkylation sites (tertiary alicyclic amines) is 1. The molecule has 1 aromatic carbocycles. The fraction of sp³-hybridized carbons (Fsp3) is 0.533. The molecule has 0 aliphatic carbocycles. The van der Waals surface area contributed by atoms with Crippen LogP contribution in [-0.2, 0) is 0 Å². The quantitative estimate of drug-likeness (QED) is 0.840. The van der Waals surface area contributed by atoms with Crippen molar-refractivity contribution < 1.29 is 9.18 Å². The summed E-state index contributed by atoms with van der Waals surface area (Å²) in [6.07, 6.45) is 3.33. The van der Waals surface area contributed by atoms with E-state index in [9.17, 15) is 9.18 Å². The van der Waals surface area contributed by atoms with Gasteiger partial charge in [0.25, 0.3) is 5.91 Å². The summed E-state index contributed by atoms with van der Waals surface area (Å²) in [6.45, 7) is 3.75. The fourth-order valence-electron chi connectivity index (χ4n) is 3.21. The summed E-state index contributed by atoms with van der Waals surface area (Å²) in [4.78, 5) is 14.2. The average Bonchev–Trinajstić information content (AvgIpc) is 2.87. The molecule has 2 aliphatic rings. The van der Waals surface area contributed by atoms with Gasteiger partial charge in [-0.05, 0) is 49.4 Å². The first-order chi connectivity index (χ1) is 9.19. The summed E-state index contributed by atoms with van der Waals surface area (Å²) >= 11 is 0. The zero-order chi connectivity index (χ0) is 13.3. The minimum Gasteiger partial charge on any atom is -0.339 e. The SMILES string of the molecule is O=C(c1cccc(F)c1)N1CCC2(CCNC2)CC1. The molecule has 1 amide bonds. The van der Waals surface area contributed by atoms with Crippen LogP contribution < -0.4 is 5.32 Å². The summed E-state index contributed by atoms with van der Waals surface area (Å²) < 4.78 is 13.2. The highest BCUT2D eigenvalue weighted by molar-refractivity contribution is 5.94. The van der Waals surface area contributed by atoms with Gasteiger partial charge in [-0.15, -0.1) is 0 Å². The molecule has 1 spiro atoms. The van der Waals surface area contributed by atoms with E-state index in [4.69, 9.17) is 0 Å². The zero-order valence-corrected chi connectivity index (χ0v) is 11.0. The maximum Gasteiger partial charge on any atom is 0.253 e. The summed E-state index contributed by atoms with van der Waals surface area (Å²) in [5.41, 5.74) is 0.860. The number of benzene rings is 1. The van der Waals surface area contributed by atoms with Crippen LogP contribution in [0.5, 0.6) is 0 Å². The van der Waals surface area contributed by atoms with Gasteiger partial charge in [0.1, 0.15) is 5.82 Å². The second-order valence-electron chi connectivity index (χ2n) is 5.73. The molecule has 0 aromatic heterocycles. The molecule has 0 radical (unpaired) electrons. The molecule has 4 heteroatoms. The lowest BCUT2D eigenvalue weighted by Crippen LogP contribution is -2.44. The Balaban J connectivity index is 1.66. The van der Waals surface area contributed by atoms with Crippen LogP contribution in [0.2, 0.25) is 0 Å². The summed E-state index contributed by atoms with van der Waals surface area (Å²) in [5, 5.41) is 3.41. The minimum absolute atomic E-state index is 0.0414. The number of nitrogens with one attached hydrogen (secondary N) is 1. The Labute approximate surface area is 112 Å². The minimum atomic E-state index is -0.348. The predicted octanol–water partition coefficient (Wildman–Crippen LogP) is 2.04. The predicted molar refractivity (Wildman–Crippen MR) is 71.5 cm³/mol. The molecule has 2 aliphatic heterocycles. The Morgan fingerprint density at radius 3 is 2.68 bits per heavy atom. The second-order valence-corrected chi connectivity index (χ2v) is 5.73. The Hall–Kier alpha value is -1.42. The van der Waals surface area contributed by atoms with E-state index in [0.29, 0.717) is 11.0 Å². The summed E-state index contributed by atoms with van der Waals surface area (Å²) in [5.74, 6) is -0.389. The van der Waals surface area contributed by atoms with Crippen LogP contribution in [0.3, 0.4) is 0 Å². The maximum absolute atomic E-state index is 13.2. The molecule has 2 heterocycles. The van der Waals surface area contributed by atoms with Gasteiger partial charge in [-0.2, -0.15) is 0 Å². The van der Waals surface area contributed by atoms with Crippen LogP contribution >= 0.6 is 0 Å². The van der Waals surface area contributed by atoms with Crippen molar-refractivity contribution in [1.82, 2.24) is 10.2 Å². The average molecular weight is 262 g/mol. The van der Waals surface area contributed by atoms with Gasteiger partial charge in [0.05, 0.1) is 0 Å². The van der Waals surface area contributed by atoms with Gasteiger partial charge in [-0.1, -0.05) is 6.07 Å². The van der Waals surface area contributed by atoms with Crippen LogP contribution in [0.4, 0.5) is 4.39 Å². The van der Waals surface area contributed by atoms with Gasteiger partial charge in [0, 0.05) is 25.2 Å². The van der Waals surface area contributed by atoms with Crippen molar-refractivity contribution in [2.24, 2.45) is 5.41 Å². The number of hydrogen-bond donors (Lipinski definition) is 1. The van der Waals surface area contributed by atoms with Crippen LogP contribution in [0.25, 0.3) is 0 Å². The smallest absolute Gasteiger partial charge is 0.253 e. The van der Waals surface area contributed by atoms with E-state index in [-0.39, 0.29) is 11.7 Å². The molecule has 0 bridgehead atoms. The van der Waals surface area contributed by atoms with E-state index in [1.54, 1.807) is 12.1 Å². The van der Waals surface area contributed by atoms with E-state index in [0.717, 1.165) is 39.0 Å². The Bertz CT molecular complexity index is 473. The lowest BCUT2D eigenvalue weighted by atomic mass is 9.78. The second kappa shape index (κ2) is 4.93. The number of rotatable bonds is 1. The van der Waals surface area contributed by atoms with E-state index < -0.39 is 0 Å². The van der Waals surface area contributed by atoms with Crippen molar-refractivity contribution in [3.8, 4) is 0 Å². The zero-order valence-electron chi connectivity index (χ0n) is 11.0. The number of hydrogen-bond acceptors (Lipinski definition) is 2. The van der Waals surface area contributed by atoms with Crippen molar-refractivity contribution in [3.63, 3.8) is 0 Å². The van der Waals surface area contributed by atoms with Gasteiger partial charge in [-0.25, -0.2) is 4.39 Å². The number of nitrogens with zero attached hydrogens (tertiary/aromatic N) is 1. The van der Waals surface area contributed by atoms with E-state index in [1.807, 2.05) is 4.90 Å². The molecule has 3 nitrogen and oxygen atoms in total. The van der Waals surface area contributed by atoms with E-state index in [1.165, 1.54) is 18.6 Å². The van der Waals surface area contributed by atoms with Crippen LogP contribution in [0, 0.1) is 11.2 Å². The number of amides is 1. The van der Waals surface area contributed by atoms with Gasteiger partial charge in [-0.3, -0.25) is 4.79 Å². The first kappa shape index (κ1) is 12.6. The molecular formula is C15H19FN2O. The van der Waals surface area contributed by atoms with Crippen molar-refractivity contribution in [2.75, 3.05) is 26.2 Å². The highest BCUT2D eigenvalue weighted by atomic mass is 19.1. The van der Waals surface area contributed by atoms with Gasteiger partial charge in [0.2, 0.25) is 0 Å². The Morgan fingerprint density at radius 1 is 1.26 bits per heavy atom. The van der Waals surface area contributed by atoms with Crippen molar-refractivity contribution >= 4 is 5.91 Å². The van der Waals surface area contributed by atoms with Gasteiger partial charge >= 0.3 is 0 Å². The number of piperidine rings is 1.